The summed E-state index contributed by atoms with van der Waals surface area (Å²) in [6.45, 7) is 10.8. The highest BCUT2D eigenvalue weighted by atomic mass is 16.5. The van der Waals surface area contributed by atoms with E-state index in [0.717, 1.165) is 25.9 Å². The van der Waals surface area contributed by atoms with Gasteiger partial charge in [0, 0.05) is 13.2 Å². The van der Waals surface area contributed by atoms with Crippen molar-refractivity contribution >= 4 is 11.8 Å². The molecule has 2 amide bonds. The molecule has 0 aromatic heterocycles. The number of hydrogen-bond acceptors (Lipinski definition) is 3. The number of carbonyl (C=O) groups excluding carboxylic acids is 2. The SMILES string of the molecule is CC1(C)NC(=O)C(C(C)(C)C)N(CC2CCCCO2)C1=O. The van der Waals surface area contributed by atoms with E-state index < -0.39 is 11.6 Å². The molecule has 120 valence electrons. The standard InChI is InChI=1S/C16H28N2O3/c1-15(2,3)12-13(19)17-16(4,5)14(20)18(12)10-11-8-6-7-9-21-11/h11-12H,6-10H2,1-5H3,(H,17,19). The summed E-state index contributed by atoms with van der Waals surface area (Å²) in [7, 11) is 0. The second-order valence-corrected chi connectivity index (χ2v) is 7.83. The minimum Gasteiger partial charge on any atom is -0.376 e. The number of nitrogens with zero attached hydrogens (tertiary/aromatic N) is 1. The number of hydrogen-bond donors (Lipinski definition) is 1. The third kappa shape index (κ3) is 3.39. The maximum Gasteiger partial charge on any atom is 0.248 e. The van der Waals surface area contributed by atoms with Crippen LogP contribution in [0.5, 0.6) is 0 Å². The summed E-state index contributed by atoms with van der Waals surface area (Å²) in [4.78, 5) is 27.0. The van der Waals surface area contributed by atoms with Gasteiger partial charge in [0.1, 0.15) is 11.6 Å². The van der Waals surface area contributed by atoms with Crippen molar-refractivity contribution in [2.24, 2.45) is 5.41 Å². The smallest absolute Gasteiger partial charge is 0.248 e. The van der Waals surface area contributed by atoms with Crippen LogP contribution in [-0.4, -0.2) is 47.6 Å². The van der Waals surface area contributed by atoms with Crippen LogP contribution in [0.1, 0.15) is 53.9 Å². The van der Waals surface area contributed by atoms with Gasteiger partial charge in [-0.2, -0.15) is 0 Å². The summed E-state index contributed by atoms with van der Waals surface area (Å²) in [6, 6.07) is -0.441. The largest absolute Gasteiger partial charge is 0.376 e. The van der Waals surface area contributed by atoms with Crippen LogP contribution < -0.4 is 5.32 Å². The highest BCUT2D eigenvalue weighted by molar-refractivity contribution is 5.99. The lowest BCUT2D eigenvalue weighted by atomic mass is 9.81. The van der Waals surface area contributed by atoms with Gasteiger partial charge in [0.15, 0.2) is 0 Å². The summed E-state index contributed by atoms with van der Waals surface area (Å²) in [5, 5.41) is 2.86. The molecule has 0 aliphatic carbocycles. The van der Waals surface area contributed by atoms with Crippen LogP contribution in [0, 0.1) is 5.41 Å². The number of rotatable bonds is 2. The van der Waals surface area contributed by atoms with Crippen molar-refractivity contribution in [3.8, 4) is 0 Å². The van der Waals surface area contributed by atoms with Gasteiger partial charge in [-0.05, 0) is 38.5 Å². The molecule has 2 rings (SSSR count). The number of piperazine rings is 1. The Bertz CT molecular complexity index is 420. The lowest BCUT2D eigenvalue weighted by Crippen LogP contribution is -2.71. The van der Waals surface area contributed by atoms with E-state index in [1.807, 2.05) is 20.8 Å². The molecular weight excluding hydrogens is 268 g/mol. The Morgan fingerprint density at radius 2 is 1.95 bits per heavy atom. The predicted molar refractivity (Wildman–Crippen MR) is 80.8 cm³/mol. The molecule has 0 radical (unpaired) electrons. The Morgan fingerprint density at radius 3 is 2.48 bits per heavy atom. The van der Waals surface area contributed by atoms with Crippen molar-refractivity contribution in [3.05, 3.63) is 0 Å². The average molecular weight is 296 g/mol. The molecule has 2 atom stereocenters. The van der Waals surface area contributed by atoms with Crippen LogP contribution in [0.15, 0.2) is 0 Å². The van der Waals surface area contributed by atoms with E-state index in [0.29, 0.717) is 6.54 Å². The normalized spacial score (nSPS) is 30.2. The Balaban J connectivity index is 2.24. The summed E-state index contributed by atoms with van der Waals surface area (Å²) in [5.74, 6) is -0.0842. The maximum atomic E-state index is 12.8. The molecule has 5 heteroatoms. The summed E-state index contributed by atoms with van der Waals surface area (Å²) < 4.78 is 5.77. The first-order valence-electron chi connectivity index (χ1n) is 7.87. The minimum atomic E-state index is -0.840. The van der Waals surface area contributed by atoms with E-state index in [1.54, 1.807) is 18.7 Å². The van der Waals surface area contributed by atoms with E-state index in [1.165, 1.54) is 0 Å². The molecule has 0 aromatic carbocycles. The molecule has 2 heterocycles. The van der Waals surface area contributed by atoms with Crippen LogP contribution in [-0.2, 0) is 14.3 Å². The van der Waals surface area contributed by atoms with Gasteiger partial charge in [-0.3, -0.25) is 9.59 Å². The van der Waals surface area contributed by atoms with Gasteiger partial charge >= 0.3 is 0 Å². The van der Waals surface area contributed by atoms with Gasteiger partial charge in [0.25, 0.3) is 0 Å². The number of nitrogens with one attached hydrogen (secondary N) is 1. The van der Waals surface area contributed by atoms with Crippen LogP contribution in [0.25, 0.3) is 0 Å². The minimum absolute atomic E-state index is 0.0174. The molecule has 1 N–H and O–H groups in total. The van der Waals surface area contributed by atoms with Crippen molar-refractivity contribution in [3.63, 3.8) is 0 Å². The molecule has 2 aliphatic rings. The van der Waals surface area contributed by atoms with Gasteiger partial charge in [-0.25, -0.2) is 0 Å². The average Bonchev–Trinajstić information content (AvgIpc) is 2.34. The molecule has 2 aliphatic heterocycles. The third-order valence-corrected chi connectivity index (χ3v) is 4.29. The van der Waals surface area contributed by atoms with Crippen molar-refractivity contribution in [2.75, 3.05) is 13.2 Å². The Kier molecular flexibility index (Phi) is 4.34. The van der Waals surface area contributed by atoms with Gasteiger partial charge in [0.2, 0.25) is 11.8 Å². The third-order valence-electron chi connectivity index (χ3n) is 4.29. The summed E-state index contributed by atoms with van der Waals surface area (Å²) in [5.41, 5.74) is -1.14. The molecule has 21 heavy (non-hydrogen) atoms. The zero-order chi connectivity index (χ0) is 15.8. The molecule has 5 nitrogen and oxygen atoms in total. The zero-order valence-electron chi connectivity index (χ0n) is 13.9. The molecule has 2 fully saturated rings. The number of ether oxygens (including phenoxy) is 1. The first-order valence-corrected chi connectivity index (χ1v) is 7.87. The zero-order valence-corrected chi connectivity index (χ0v) is 13.9. The fourth-order valence-electron chi connectivity index (χ4n) is 3.27. The van der Waals surface area contributed by atoms with Gasteiger partial charge in [0.05, 0.1) is 6.10 Å². The Hall–Kier alpha value is -1.10. The lowest BCUT2D eigenvalue weighted by molar-refractivity contribution is -0.161. The second kappa shape index (κ2) is 5.59. The van der Waals surface area contributed by atoms with Gasteiger partial charge < -0.3 is 15.0 Å². The second-order valence-electron chi connectivity index (χ2n) is 7.83. The van der Waals surface area contributed by atoms with E-state index in [4.69, 9.17) is 4.74 Å². The Labute approximate surface area is 127 Å². The molecule has 0 spiro atoms. The van der Waals surface area contributed by atoms with Crippen molar-refractivity contribution < 1.29 is 14.3 Å². The van der Waals surface area contributed by atoms with Crippen LogP contribution in [0.3, 0.4) is 0 Å². The molecule has 0 bridgehead atoms. The maximum absolute atomic E-state index is 12.8. The summed E-state index contributed by atoms with van der Waals surface area (Å²) in [6.07, 6.45) is 3.22. The van der Waals surface area contributed by atoms with E-state index in [9.17, 15) is 9.59 Å². The quantitative estimate of drug-likeness (QED) is 0.844. The van der Waals surface area contributed by atoms with Gasteiger partial charge in [-0.15, -0.1) is 0 Å². The summed E-state index contributed by atoms with van der Waals surface area (Å²) >= 11 is 0. The van der Waals surface area contributed by atoms with E-state index in [-0.39, 0.29) is 23.3 Å². The van der Waals surface area contributed by atoms with Crippen LogP contribution >= 0.6 is 0 Å². The van der Waals surface area contributed by atoms with E-state index in [2.05, 4.69) is 5.32 Å². The predicted octanol–water partition coefficient (Wildman–Crippen LogP) is 1.71. The van der Waals surface area contributed by atoms with Crippen molar-refractivity contribution in [2.45, 2.75) is 71.6 Å². The highest BCUT2D eigenvalue weighted by Gasteiger charge is 2.50. The molecule has 2 unspecified atom stereocenters. The first kappa shape index (κ1) is 16.3. The van der Waals surface area contributed by atoms with E-state index >= 15 is 0 Å². The van der Waals surface area contributed by atoms with Crippen molar-refractivity contribution in [1.82, 2.24) is 10.2 Å². The fourth-order valence-corrected chi connectivity index (χ4v) is 3.27. The Morgan fingerprint density at radius 1 is 1.29 bits per heavy atom. The lowest BCUT2D eigenvalue weighted by Gasteiger charge is -2.48. The number of amides is 2. The molecule has 0 saturated carbocycles. The monoisotopic (exact) mass is 296 g/mol. The topological polar surface area (TPSA) is 58.6 Å². The molecule has 0 aromatic rings. The highest BCUT2D eigenvalue weighted by Crippen LogP contribution is 2.31. The van der Waals surface area contributed by atoms with Gasteiger partial charge in [-0.1, -0.05) is 20.8 Å². The number of carbonyl (C=O) groups is 2. The fraction of sp³-hybridized carbons (Fsp3) is 0.875. The first-order chi connectivity index (χ1) is 9.63. The van der Waals surface area contributed by atoms with Crippen LogP contribution in [0.2, 0.25) is 0 Å². The van der Waals surface area contributed by atoms with Crippen LogP contribution in [0.4, 0.5) is 0 Å². The van der Waals surface area contributed by atoms with Crippen molar-refractivity contribution in [1.29, 1.82) is 0 Å². The molecule has 2 saturated heterocycles. The molecular formula is C16H28N2O3.